The molecule has 0 N–H and O–H groups in total. The lowest BCUT2D eigenvalue weighted by Crippen LogP contribution is -2.26. The predicted octanol–water partition coefficient (Wildman–Crippen LogP) is 14.7. The Morgan fingerprint density at radius 1 is 0.390 bits per heavy atom. The Hall–Kier alpha value is -7.42. The monoisotopic (exact) mass is 751 g/mol. The van der Waals surface area contributed by atoms with Gasteiger partial charge in [0.25, 0.3) is 0 Å². The summed E-state index contributed by atoms with van der Waals surface area (Å²) in [6.45, 7) is 2.39. The van der Waals surface area contributed by atoms with E-state index in [0.717, 1.165) is 39.0 Å². The molecule has 0 radical (unpaired) electrons. The summed E-state index contributed by atoms with van der Waals surface area (Å²) < 4.78 is 6.78. The van der Waals surface area contributed by atoms with Gasteiger partial charge >= 0.3 is 0 Å². The number of furan rings is 1. The van der Waals surface area contributed by atoms with Crippen LogP contribution in [-0.2, 0) is 10.8 Å². The van der Waals surface area contributed by atoms with E-state index < -0.39 is 5.41 Å². The SMILES string of the molecule is CC1(c2ccc3oc4cccc(N(c5ccccc5)c5cccc6c5-c5ccccc5C65c6ccccc6-c6ccccc65)c4c3c2)c2ccccc2-c2ccccc21. The molecule has 2 heteroatoms. The molecule has 10 aromatic rings. The molecular formula is C57H37NO. The Bertz CT molecular complexity index is 3280. The Morgan fingerprint density at radius 3 is 1.53 bits per heavy atom. The van der Waals surface area contributed by atoms with Crippen molar-refractivity contribution in [2.45, 2.75) is 17.8 Å². The average molecular weight is 752 g/mol. The van der Waals surface area contributed by atoms with E-state index >= 15 is 0 Å². The van der Waals surface area contributed by atoms with E-state index in [1.165, 1.54) is 72.3 Å². The van der Waals surface area contributed by atoms with E-state index in [1.807, 2.05) is 0 Å². The fourth-order valence-electron chi connectivity index (χ4n) is 11.4. The zero-order valence-electron chi connectivity index (χ0n) is 32.5. The Kier molecular flexibility index (Phi) is 6.54. The molecule has 9 aromatic carbocycles. The van der Waals surface area contributed by atoms with E-state index in [9.17, 15) is 0 Å². The van der Waals surface area contributed by atoms with Gasteiger partial charge in [-0.2, -0.15) is 0 Å². The van der Waals surface area contributed by atoms with Crippen LogP contribution in [0.4, 0.5) is 17.1 Å². The molecule has 0 amide bonds. The molecule has 13 rings (SSSR count). The molecule has 0 fully saturated rings. The van der Waals surface area contributed by atoms with Gasteiger partial charge < -0.3 is 9.32 Å². The first-order chi connectivity index (χ1) is 29.2. The third-order valence-corrected chi connectivity index (χ3v) is 13.8. The second-order valence-electron chi connectivity index (χ2n) is 16.4. The fourth-order valence-corrected chi connectivity index (χ4v) is 11.4. The van der Waals surface area contributed by atoms with Gasteiger partial charge in [0, 0.05) is 22.1 Å². The third kappa shape index (κ3) is 4.10. The van der Waals surface area contributed by atoms with Gasteiger partial charge in [-0.1, -0.05) is 164 Å². The van der Waals surface area contributed by atoms with Crippen molar-refractivity contribution in [1.82, 2.24) is 0 Å². The lowest BCUT2D eigenvalue weighted by Gasteiger charge is -2.32. The molecule has 2 nitrogen and oxygen atoms in total. The lowest BCUT2D eigenvalue weighted by molar-refractivity contribution is 0.667. The van der Waals surface area contributed by atoms with E-state index in [2.05, 4.69) is 218 Å². The maximum atomic E-state index is 6.78. The van der Waals surface area contributed by atoms with Gasteiger partial charge in [0.15, 0.2) is 0 Å². The van der Waals surface area contributed by atoms with Crippen molar-refractivity contribution in [2.24, 2.45) is 0 Å². The molecule has 276 valence electrons. The maximum Gasteiger partial charge on any atom is 0.137 e. The van der Waals surface area contributed by atoms with Crippen molar-refractivity contribution in [3.8, 4) is 33.4 Å². The molecule has 0 saturated carbocycles. The molecule has 0 unspecified atom stereocenters. The fraction of sp³-hybridized carbons (Fsp3) is 0.0526. The van der Waals surface area contributed by atoms with Crippen LogP contribution in [0.3, 0.4) is 0 Å². The minimum absolute atomic E-state index is 0.328. The van der Waals surface area contributed by atoms with E-state index in [0.29, 0.717) is 0 Å². The molecule has 0 atom stereocenters. The van der Waals surface area contributed by atoms with Gasteiger partial charge in [0.05, 0.1) is 22.2 Å². The van der Waals surface area contributed by atoms with Crippen molar-refractivity contribution in [2.75, 3.05) is 4.90 Å². The molecule has 0 saturated heterocycles. The summed E-state index contributed by atoms with van der Waals surface area (Å²) in [6.07, 6.45) is 0. The average Bonchev–Trinajstić information content (AvgIpc) is 4.00. The highest BCUT2D eigenvalue weighted by atomic mass is 16.3. The smallest absolute Gasteiger partial charge is 0.137 e. The van der Waals surface area contributed by atoms with Crippen LogP contribution >= 0.6 is 0 Å². The number of hydrogen-bond acceptors (Lipinski definition) is 2. The van der Waals surface area contributed by atoms with Crippen LogP contribution in [0.5, 0.6) is 0 Å². The highest BCUT2D eigenvalue weighted by Gasteiger charge is 2.52. The van der Waals surface area contributed by atoms with E-state index in [4.69, 9.17) is 4.42 Å². The number of fused-ring (bicyclic) bond motifs is 16. The Balaban J connectivity index is 1.09. The summed E-state index contributed by atoms with van der Waals surface area (Å²) in [5.41, 5.74) is 21.3. The van der Waals surface area contributed by atoms with E-state index in [-0.39, 0.29) is 5.41 Å². The molecule has 1 heterocycles. The zero-order valence-corrected chi connectivity index (χ0v) is 32.5. The highest BCUT2D eigenvalue weighted by Crippen LogP contribution is 2.65. The van der Waals surface area contributed by atoms with Gasteiger partial charge in [-0.25, -0.2) is 0 Å². The van der Waals surface area contributed by atoms with Crippen molar-refractivity contribution >= 4 is 39.0 Å². The van der Waals surface area contributed by atoms with Crippen LogP contribution in [0, 0.1) is 0 Å². The molecule has 3 aliphatic carbocycles. The summed E-state index contributed by atoms with van der Waals surface area (Å²) in [5.74, 6) is 0. The molecule has 0 bridgehead atoms. The van der Waals surface area contributed by atoms with Crippen LogP contribution in [0.25, 0.3) is 55.3 Å². The van der Waals surface area contributed by atoms with Crippen LogP contribution in [-0.4, -0.2) is 0 Å². The first kappa shape index (κ1) is 32.6. The van der Waals surface area contributed by atoms with Crippen LogP contribution < -0.4 is 4.90 Å². The van der Waals surface area contributed by atoms with E-state index in [1.54, 1.807) is 0 Å². The molecular weight excluding hydrogens is 715 g/mol. The number of benzene rings is 9. The normalized spacial score (nSPS) is 14.5. The van der Waals surface area contributed by atoms with Crippen molar-refractivity contribution in [3.05, 3.63) is 245 Å². The minimum Gasteiger partial charge on any atom is -0.456 e. The van der Waals surface area contributed by atoms with Crippen molar-refractivity contribution in [3.63, 3.8) is 0 Å². The third-order valence-electron chi connectivity index (χ3n) is 13.8. The minimum atomic E-state index is -0.440. The Morgan fingerprint density at radius 2 is 0.881 bits per heavy atom. The topological polar surface area (TPSA) is 16.4 Å². The largest absolute Gasteiger partial charge is 0.456 e. The van der Waals surface area contributed by atoms with Gasteiger partial charge in [-0.05, 0) is 116 Å². The Labute approximate surface area is 343 Å². The number of rotatable bonds is 4. The second-order valence-corrected chi connectivity index (χ2v) is 16.4. The number of nitrogens with zero attached hydrogens (tertiary/aromatic N) is 1. The predicted molar refractivity (Wildman–Crippen MR) is 242 cm³/mol. The molecule has 59 heavy (non-hydrogen) atoms. The molecule has 1 spiro atoms. The van der Waals surface area contributed by atoms with Gasteiger partial charge in [0.2, 0.25) is 0 Å². The number of hydrogen-bond donors (Lipinski definition) is 0. The van der Waals surface area contributed by atoms with Crippen molar-refractivity contribution < 1.29 is 4.42 Å². The summed E-state index contributed by atoms with van der Waals surface area (Å²) in [4.78, 5) is 2.48. The van der Waals surface area contributed by atoms with Gasteiger partial charge in [-0.15, -0.1) is 0 Å². The molecule has 1 aromatic heterocycles. The first-order valence-electron chi connectivity index (χ1n) is 20.6. The van der Waals surface area contributed by atoms with Crippen LogP contribution in [0.15, 0.2) is 211 Å². The summed E-state index contributed by atoms with van der Waals surface area (Å²) in [5, 5.41) is 2.21. The van der Waals surface area contributed by atoms with Crippen LogP contribution in [0.1, 0.15) is 45.9 Å². The molecule has 0 aliphatic heterocycles. The second kappa shape index (κ2) is 11.8. The quantitative estimate of drug-likeness (QED) is 0.178. The number of para-hydroxylation sites is 1. The highest BCUT2D eigenvalue weighted by molar-refractivity contribution is 6.15. The van der Waals surface area contributed by atoms with Crippen molar-refractivity contribution in [1.29, 1.82) is 0 Å². The summed E-state index contributed by atoms with van der Waals surface area (Å²) in [6, 6.07) is 76.2. The lowest BCUT2D eigenvalue weighted by atomic mass is 9.70. The standard InChI is InChI=1S/C57H37NO/c1-56(44-24-10-5-19-38(44)39-20-6-11-25-45(39)56)36-33-34-52-43(35-36)55-51(31-16-32-53(55)59-52)58(37-17-3-2-4-18-37)50-30-15-29-49-54(50)42-23-9-14-28-48(42)57(49)46-26-12-7-21-40(46)41-22-8-13-27-47(41)57/h2-35H,1H3. The number of anilines is 3. The summed E-state index contributed by atoms with van der Waals surface area (Å²) in [7, 11) is 0. The van der Waals surface area contributed by atoms with Gasteiger partial charge in [-0.3, -0.25) is 0 Å². The molecule has 3 aliphatic rings. The van der Waals surface area contributed by atoms with Crippen LogP contribution in [0.2, 0.25) is 0 Å². The zero-order chi connectivity index (χ0) is 38.9. The summed E-state index contributed by atoms with van der Waals surface area (Å²) >= 11 is 0. The first-order valence-corrected chi connectivity index (χ1v) is 20.6. The maximum absolute atomic E-state index is 6.78. The van der Waals surface area contributed by atoms with Gasteiger partial charge in [0.1, 0.15) is 11.2 Å².